The van der Waals surface area contributed by atoms with Gasteiger partial charge in [0.1, 0.15) is 0 Å². The molecular formula is C9H10BrNO2. The summed E-state index contributed by atoms with van der Waals surface area (Å²) in [7, 11) is 0. The molecule has 1 N–H and O–H groups in total. The first-order valence-corrected chi connectivity index (χ1v) is 5.10. The fourth-order valence-electron chi connectivity index (χ4n) is 1.81. The van der Waals surface area contributed by atoms with E-state index in [4.69, 9.17) is 5.11 Å². The van der Waals surface area contributed by atoms with Crippen molar-refractivity contribution in [2.75, 3.05) is 0 Å². The van der Waals surface area contributed by atoms with Crippen LogP contribution in [0.3, 0.4) is 0 Å². The molecule has 0 radical (unpaired) electrons. The molecule has 3 nitrogen and oxygen atoms in total. The van der Waals surface area contributed by atoms with E-state index in [-0.39, 0.29) is 0 Å². The van der Waals surface area contributed by atoms with Gasteiger partial charge >= 0.3 is 5.97 Å². The average molecular weight is 244 g/mol. The molecule has 0 fully saturated rings. The number of fused-ring (bicyclic) bond motifs is 1. The molecule has 0 atom stereocenters. The van der Waals surface area contributed by atoms with Crippen LogP contribution in [0.4, 0.5) is 0 Å². The van der Waals surface area contributed by atoms with E-state index in [9.17, 15) is 4.79 Å². The van der Waals surface area contributed by atoms with Gasteiger partial charge in [0.15, 0.2) is 0 Å². The van der Waals surface area contributed by atoms with Crippen molar-refractivity contribution in [2.24, 2.45) is 0 Å². The minimum Gasteiger partial charge on any atom is -0.478 e. The maximum atomic E-state index is 10.9. The van der Waals surface area contributed by atoms with Gasteiger partial charge in [0.05, 0.1) is 10.2 Å². The molecule has 0 bridgehead atoms. The second kappa shape index (κ2) is 3.18. The van der Waals surface area contributed by atoms with Gasteiger partial charge in [-0.15, -0.1) is 0 Å². The quantitative estimate of drug-likeness (QED) is 0.823. The first-order chi connectivity index (χ1) is 6.20. The molecule has 0 spiro atoms. The maximum Gasteiger partial charge on any atom is 0.337 e. The van der Waals surface area contributed by atoms with Crippen LogP contribution in [0.2, 0.25) is 0 Å². The van der Waals surface area contributed by atoms with Crippen LogP contribution in [-0.2, 0) is 13.0 Å². The van der Waals surface area contributed by atoms with Crippen LogP contribution in [-0.4, -0.2) is 15.6 Å². The molecule has 0 aromatic carbocycles. The molecule has 1 aromatic rings. The molecule has 1 aromatic heterocycles. The number of carboxylic acids is 1. The van der Waals surface area contributed by atoms with Crippen LogP contribution >= 0.6 is 15.9 Å². The predicted molar refractivity (Wildman–Crippen MR) is 52.0 cm³/mol. The Bertz CT molecular complexity index is 357. The van der Waals surface area contributed by atoms with Crippen molar-refractivity contribution in [1.29, 1.82) is 0 Å². The summed E-state index contributed by atoms with van der Waals surface area (Å²) in [6, 6.07) is 1.70. The first-order valence-electron chi connectivity index (χ1n) is 4.31. The van der Waals surface area contributed by atoms with Crippen molar-refractivity contribution < 1.29 is 9.90 Å². The van der Waals surface area contributed by atoms with Gasteiger partial charge in [-0.25, -0.2) is 4.79 Å². The zero-order valence-electron chi connectivity index (χ0n) is 7.09. The third-order valence-corrected chi connectivity index (χ3v) is 3.09. The lowest BCUT2D eigenvalue weighted by molar-refractivity contribution is 0.0695. The molecule has 0 amide bonds. The Hall–Kier alpha value is -0.770. The highest BCUT2D eigenvalue weighted by molar-refractivity contribution is 9.10. The maximum absolute atomic E-state index is 10.9. The van der Waals surface area contributed by atoms with E-state index in [0.29, 0.717) is 5.56 Å². The van der Waals surface area contributed by atoms with Crippen LogP contribution < -0.4 is 0 Å². The molecule has 13 heavy (non-hydrogen) atoms. The van der Waals surface area contributed by atoms with Crippen LogP contribution in [0.15, 0.2) is 10.7 Å². The van der Waals surface area contributed by atoms with Gasteiger partial charge in [-0.3, -0.25) is 0 Å². The normalized spacial score (nSPS) is 15.5. The lowest BCUT2D eigenvalue weighted by atomic mass is 10.1. The number of halogens is 1. The highest BCUT2D eigenvalue weighted by Gasteiger charge is 2.20. The summed E-state index contributed by atoms with van der Waals surface area (Å²) >= 11 is 3.37. The van der Waals surface area contributed by atoms with Crippen molar-refractivity contribution in [3.8, 4) is 0 Å². The van der Waals surface area contributed by atoms with Crippen molar-refractivity contribution in [3.05, 3.63) is 21.9 Å². The van der Waals surface area contributed by atoms with E-state index in [0.717, 1.165) is 36.1 Å². The van der Waals surface area contributed by atoms with Gasteiger partial charge in [0.2, 0.25) is 0 Å². The lowest BCUT2D eigenvalue weighted by Crippen LogP contribution is -2.12. The number of nitrogens with zero attached hydrogens (tertiary/aromatic N) is 1. The summed E-state index contributed by atoms with van der Waals surface area (Å²) in [5, 5.41) is 8.92. The molecular weight excluding hydrogens is 234 g/mol. The van der Waals surface area contributed by atoms with Crippen molar-refractivity contribution in [2.45, 2.75) is 25.8 Å². The van der Waals surface area contributed by atoms with Crippen molar-refractivity contribution in [1.82, 2.24) is 4.57 Å². The van der Waals surface area contributed by atoms with E-state index < -0.39 is 5.97 Å². The number of rotatable bonds is 1. The van der Waals surface area contributed by atoms with E-state index in [1.54, 1.807) is 6.07 Å². The Morgan fingerprint density at radius 2 is 2.31 bits per heavy atom. The van der Waals surface area contributed by atoms with Gasteiger partial charge in [0, 0.05) is 12.2 Å². The molecule has 4 heteroatoms. The molecule has 0 unspecified atom stereocenters. The van der Waals surface area contributed by atoms with Crippen LogP contribution in [0, 0.1) is 0 Å². The van der Waals surface area contributed by atoms with E-state index in [1.165, 1.54) is 0 Å². The van der Waals surface area contributed by atoms with Gasteiger partial charge in [0.25, 0.3) is 0 Å². The number of hydrogen-bond acceptors (Lipinski definition) is 1. The van der Waals surface area contributed by atoms with Crippen LogP contribution in [0.1, 0.15) is 28.9 Å². The predicted octanol–water partition coefficient (Wildman–Crippen LogP) is 2.29. The van der Waals surface area contributed by atoms with Gasteiger partial charge < -0.3 is 9.67 Å². The Balaban J connectivity index is 2.53. The Kier molecular flexibility index (Phi) is 2.15. The Morgan fingerprint density at radius 1 is 1.54 bits per heavy atom. The molecule has 70 valence electrons. The van der Waals surface area contributed by atoms with Gasteiger partial charge in [-0.1, -0.05) is 0 Å². The minimum atomic E-state index is -0.823. The second-order valence-corrected chi connectivity index (χ2v) is 4.05. The number of carbonyl (C=O) groups is 1. The summed E-state index contributed by atoms with van der Waals surface area (Å²) in [4.78, 5) is 10.9. The van der Waals surface area contributed by atoms with Crippen LogP contribution in [0.5, 0.6) is 0 Å². The smallest absolute Gasteiger partial charge is 0.337 e. The van der Waals surface area contributed by atoms with Gasteiger partial charge in [-0.2, -0.15) is 0 Å². The zero-order valence-corrected chi connectivity index (χ0v) is 8.67. The van der Waals surface area contributed by atoms with E-state index >= 15 is 0 Å². The van der Waals surface area contributed by atoms with Crippen molar-refractivity contribution in [3.63, 3.8) is 0 Å². The zero-order chi connectivity index (χ0) is 9.42. The number of aromatic nitrogens is 1. The highest BCUT2D eigenvalue weighted by atomic mass is 79.9. The average Bonchev–Trinajstić information content (AvgIpc) is 2.45. The molecule has 0 saturated carbocycles. The Labute approximate surface area is 84.5 Å². The minimum absolute atomic E-state index is 0.451. The van der Waals surface area contributed by atoms with E-state index in [2.05, 4.69) is 15.9 Å². The summed E-state index contributed by atoms with van der Waals surface area (Å²) < 4.78 is 2.94. The summed E-state index contributed by atoms with van der Waals surface area (Å²) in [6.45, 7) is 0.934. The molecule has 0 aliphatic carbocycles. The molecule has 0 saturated heterocycles. The molecule has 1 aliphatic rings. The number of aromatic carboxylic acids is 1. The third-order valence-electron chi connectivity index (χ3n) is 2.43. The third kappa shape index (κ3) is 1.39. The van der Waals surface area contributed by atoms with Gasteiger partial charge in [-0.05, 0) is 41.3 Å². The lowest BCUT2D eigenvalue weighted by Gasteiger charge is -2.16. The Morgan fingerprint density at radius 3 is 3.00 bits per heavy atom. The molecule has 2 rings (SSSR count). The summed E-state index contributed by atoms with van der Waals surface area (Å²) in [5.41, 5.74) is 1.41. The highest BCUT2D eigenvalue weighted by Crippen LogP contribution is 2.26. The van der Waals surface area contributed by atoms with E-state index in [1.807, 2.05) is 4.57 Å². The monoisotopic (exact) mass is 243 g/mol. The number of hydrogen-bond donors (Lipinski definition) is 1. The standard InChI is InChI=1S/C9H10BrNO2/c10-8-5-6(9(12)13)7-3-1-2-4-11(7)8/h5H,1-4H2,(H,12,13). The largest absolute Gasteiger partial charge is 0.478 e. The topological polar surface area (TPSA) is 42.2 Å². The van der Waals surface area contributed by atoms with Crippen molar-refractivity contribution >= 4 is 21.9 Å². The molecule has 1 aliphatic heterocycles. The fourth-order valence-corrected chi connectivity index (χ4v) is 2.43. The summed E-state index contributed by atoms with van der Waals surface area (Å²) in [6.07, 6.45) is 3.11. The molecule has 2 heterocycles. The summed E-state index contributed by atoms with van der Waals surface area (Å²) in [5.74, 6) is -0.823. The SMILES string of the molecule is O=C(O)c1cc(Br)n2c1CCCC2. The fraction of sp³-hybridized carbons (Fsp3) is 0.444. The first kappa shape index (κ1) is 8.81. The number of carboxylic acid groups (broad SMARTS) is 1. The second-order valence-electron chi connectivity index (χ2n) is 3.24. The van der Waals surface area contributed by atoms with Crippen LogP contribution in [0.25, 0.3) is 0 Å².